The number of likely N-dealkylation sites (tertiary alicyclic amines) is 1. The van der Waals surface area contributed by atoms with E-state index in [-0.39, 0.29) is 17.8 Å². The number of hydrogen-bond acceptors (Lipinski definition) is 5. The van der Waals surface area contributed by atoms with E-state index in [0.717, 1.165) is 74.1 Å². The van der Waals surface area contributed by atoms with Crippen LogP contribution in [-0.2, 0) is 36.9 Å². The van der Waals surface area contributed by atoms with Gasteiger partial charge in [-0.25, -0.2) is 4.98 Å². The first-order valence-electron chi connectivity index (χ1n) is 11.5. The number of halogens is 3. The number of nitrogens with one attached hydrogen (secondary N) is 1. The van der Waals surface area contributed by atoms with E-state index >= 15 is 0 Å². The predicted molar refractivity (Wildman–Crippen MR) is 125 cm³/mol. The second kappa shape index (κ2) is 9.14. The molecule has 3 aromatic rings. The van der Waals surface area contributed by atoms with Crippen molar-refractivity contribution in [3.05, 3.63) is 56.4 Å². The zero-order chi connectivity index (χ0) is 23.9. The molecule has 1 aliphatic heterocycles. The average Bonchev–Trinajstić information content (AvgIpc) is 3.43. The number of benzene rings is 1. The Morgan fingerprint density at radius 1 is 1.12 bits per heavy atom. The molecule has 5 rings (SSSR count). The Balaban J connectivity index is 1.48. The number of alkyl halides is 3. The van der Waals surface area contributed by atoms with Crippen molar-refractivity contribution in [2.24, 2.45) is 0 Å². The molecule has 1 aromatic carbocycles. The lowest BCUT2D eigenvalue weighted by atomic mass is 9.97. The number of thiophene rings is 1. The molecular weight excluding hydrogens is 465 g/mol. The van der Waals surface area contributed by atoms with Gasteiger partial charge in [0.05, 0.1) is 17.5 Å². The predicted octanol–water partition coefficient (Wildman–Crippen LogP) is 4.59. The zero-order valence-electron chi connectivity index (χ0n) is 18.6. The third-order valence-corrected chi connectivity index (χ3v) is 7.68. The number of anilines is 1. The fourth-order valence-corrected chi connectivity index (χ4v) is 6.09. The van der Waals surface area contributed by atoms with Crippen LogP contribution in [0.3, 0.4) is 0 Å². The van der Waals surface area contributed by atoms with Crippen molar-refractivity contribution in [1.29, 1.82) is 0 Å². The van der Waals surface area contributed by atoms with Crippen LogP contribution in [-0.4, -0.2) is 33.4 Å². The van der Waals surface area contributed by atoms with Crippen molar-refractivity contribution in [3.8, 4) is 0 Å². The standard InChI is InChI=1S/C24H25F3N4O2S/c25-24(26,27)15-6-5-7-16(12-15)28-20(32)14-31-19(13-30-10-3-4-11-30)29-22-21(23(31)33)17-8-1-2-9-18(17)34-22/h5-7,12H,1-4,8-11,13-14H2,(H,28,32). The van der Waals surface area contributed by atoms with Gasteiger partial charge in [0.15, 0.2) is 0 Å². The lowest BCUT2D eigenvalue weighted by Crippen LogP contribution is -2.34. The summed E-state index contributed by atoms with van der Waals surface area (Å²) in [6, 6.07) is 4.49. The van der Waals surface area contributed by atoms with E-state index in [1.165, 1.54) is 21.6 Å². The maximum atomic E-state index is 13.6. The molecule has 3 heterocycles. The van der Waals surface area contributed by atoms with Gasteiger partial charge in [-0.2, -0.15) is 13.2 Å². The number of aryl methyl sites for hydroxylation is 2. The summed E-state index contributed by atoms with van der Waals surface area (Å²) in [4.78, 5) is 35.4. The third-order valence-electron chi connectivity index (χ3n) is 6.49. The number of carbonyl (C=O) groups is 1. The molecule has 34 heavy (non-hydrogen) atoms. The number of hydrogen-bond donors (Lipinski definition) is 1. The Kier molecular flexibility index (Phi) is 6.20. The molecule has 0 radical (unpaired) electrons. The Morgan fingerprint density at radius 3 is 2.65 bits per heavy atom. The van der Waals surface area contributed by atoms with Crippen LogP contribution in [0.5, 0.6) is 0 Å². The molecule has 1 N–H and O–H groups in total. The first-order chi connectivity index (χ1) is 16.3. The molecule has 180 valence electrons. The number of carbonyl (C=O) groups excluding carboxylic acids is 1. The van der Waals surface area contributed by atoms with Gasteiger partial charge < -0.3 is 5.32 Å². The van der Waals surface area contributed by atoms with Gasteiger partial charge in [-0.05, 0) is 75.4 Å². The Bertz CT molecular complexity index is 1290. The SMILES string of the molecule is O=C(Cn1c(CN2CCCC2)nc2sc3c(c2c1=O)CCCC3)Nc1cccc(C(F)(F)F)c1. The number of aromatic nitrogens is 2. The van der Waals surface area contributed by atoms with Crippen molar-refractivity contribution in [1.82, 2.24) is 14.5 Å². The highest BCUT2D eigenvalue weighted by Gasteiger charge is 2.30. The quantitative estimate of drug-likeness (QED) is 0.568. The fraction of sp³-hybridized carbons (Fsp3) is 0.458. The van der Waals surface area contributed by atoms with Gasteiger partial charge >= 0.3 is 6.18 Å². The second-order valence-electron chi connectivity index (χ2n) is 8.92. The number of nitrogens with zero attached hydrogens (tertiary/aromatic N) is 3. The van der Waals surface area contributed by atoms with E-state index in [1.807, 2.05) is 0 Å². The van der Waals surface area contributed by atoms with Crippen LogP contribution < -0.4 is 10.9 Å². The van der Waals surface area contributed by atoms with Crippen LogP contribution in [0.25, 0.3) is 10.2 Å². The van der Waals surface area contributed by atoms with Gasteiger partial charge in [-0.1, -0.05) is 6.07 Å². The summed E-state index contributed by atoms with van der Waals surface area (Å²) in [5.74, 6) is -0.0356. The third kappa shape index (κ3) is 4.61. The van der Waals surface area contributed by atoms with E-state index in [4.69, 9.17) is 4.98 Å². The lowest BCUT2D eigenvalue weighted by Gasteiger charge is -2.18. The summed E-state index contributed by atoms with van der Waals surface area (Å²) in [5, 5.41) is 3.11. The Morgan fingerprint density at radius 2 is 1.88 bits per heavy atom. The van der Waals surface area contributed by atoms with Gasteiger partial charge in [0.25, 0.3) is 5.56 Å². The molecule has 2 aromatic heterocycles. The Hall–Kier alpha value is -2.72. The molecule has 1 aliphatic carbocycles. The molecule has 0 atom stereocenters. The summed E-state index contributed by atoms with van der Waals surface area (Å²) >= 11 is 1.57. The first-order valence-corrected chi connectivity index (χ1v) is 12.3. The topological polar surface area (TPSA) is 67.2 Å². The summed E-state index contributed by atoms with van der Waals surface area (Å²) < 4.78 is 40.5. The van der Waals surface area contributed by atoms with Crippen LogP contribution in [0.2, 0.25) is 0 Å². The van der Waals surface area contributed by atoms with E-state index < -0.39 is 17.6 Å². The Labute approximate surface area is 198 Å². The minimum atomic E-state index is -4.51. The van der Waals surface area contributed by atoms with Crippen LogP contribution in [0, 0.1) is 0 Å². The molecule has 1 amide bonds. The number of fused-ring (bicyclic) bond motifs is 3. The number of amides is 1. The van der Waals surface area contributed by atoms with Crippen molar-refractivity contribution < 1.29 is 18.0 Å². The minimum absolute atomic E-state index is 0.0379. The van der Waals surface area contributed by atoms with Gasteiger partial charge in [-0.3, -0.25) is 19.1 Å². The molecule has 6 nitrogen and oxygen atoms in total. The van der Waals surface area contributed by atoms with Gasteiger partial charge in [0, 0.05) is 10.6 Å². The van der Waals surface area contributed by atoms with E-state index in [9.17, 15) is 22.8 Å². The molecule has 0 spiro atoms. The smallest absolute Gasteiger partial charge is 0.325 e. The molecule has 1 fully saturated rings. The minimum Gasteiger partial charge on any atom is -0.325 e. The molecule has 0 saturated carbocycles. The normalized spacial score (nSPS) is 16.7. The molecular formula is C24H25F3N4O2S. The van der Waals surface area contributed by atoms with Crippen LogP contribution in [0.4, 0.5) is 18.9 Å². The molecule has 0 bridgehead atoms. The summed E-state index contributed by atoms with van der Waals surface area (Å²) in [6.45, 7) is 1.98. The summed E-state index contributed by atoms with van der Waals surface area (Å²) in [6.07, 6.45) is 1.53. The average molecular weight is 491 g/mol. The monoisotopic (exact) mass is 490 g/mol. The highest BCUT2D eigenvalue weighted by molar-refractivity contribution is 7.18. The second-order valence-corrected chi connectivity index (χ2v) is 10.0. The largest absolute Gasteiger partial charge is 0.416 e. The van der Waals surface area contributed by atoms with Crippen LogP contribution in [0.15, 0.2) is 29.1 Å². The molecule has 1 saturated heterocycles. The molecule has 0 unspecified atom stereocenters. The van der Waals surface area contributed by atoms with Crippen molar-refractivity contribution >= 4 is 33.1 Å². The zero-order valence-corrected chi connectivity index (χ0v) is 19.4. The van der Waals surface area contributed by atoms with E-state index in [0.29, 0.717) is 17.8 Å². The maximum absolute atomic E-state index is 13.6. The van der Waals surface area contributed by atoms with Crippen molar-refractivity contribution in [3.63, 3.8) is 0 Å². The van der Waals surface area contributed by atoms with E-state index in [1.54, 1.807) is 11.3 Å². The fourth-order valence-electron chi connectivity index (χ4n) is 4.82. The van der Waals surface area contributed by atoms with Crippen molar-refractivity contribution in [2.45, 2.75) is 57.8 Å². The summed E-state index contributed by atoms with van der Waals surface area (Å²) in [7, 11) is 0. The number of rotatable bonds is 5. The highest BCUT2D eigenvalue weighted by Crippen LogP contribution is 2.34. The molecule has 2 aliphatic rings. The molecule has 10 heteroatoms. The van der Waals surface area contributed by atoms with Crippen LogP contribution >= 0.6 is 11.3 Å². The highest BCUT2D eigenvalue weighted by atomic mass is 32.1. The maximum Gasteiger partial charge on any atom is 0.416 e. The van der Waals surface area contributed by atoms with Crippen molar-refractivity contribution in [2.75, 3.05) is 18.4 Å². The lowest BCUT2D eigenvalue weighted by molar-refractivity contribution is -0.137. The van der Waals surface area contributed by atoms with E-state index in [2.05, 4.69) is 10.2 Å². The van der Waals surface area contributed by atoms with Crippen LogP contribution in [0.1, 0.15) is 47.5 Å². The van der Waals surface area contributed by atoms with Gasteiger partial charge in [0.1, 0.15) is 17.2 Å². The first kappa shape index (κ1) is 23.0. The van der Waals surface area contributed by atoms with Gasteiger partial charge in [0.2, 0.25) is 5.91 Å². The van der Waals surface area contributed by atoms with Gasteiger partial charge in [-0.15, -0.1) is 11.3 Å². The summed E-state index contributed by atoms with van der Waals surface area (Å²) in [5.41, 5.74) is 0.00221.